The number of carbonyl (C=O) groups is 2. The smallest absolute Gasteiger partial charge is 0.163 e. The Morgan fingerprint density at radius 3 is 2.13 bits per heavy atom. The molecule has 0 saturated carbocycles. The normalized spacial score (nSPS) is 23.6. The van der Waals surface area contributed by atoms with E-state index in [1.807, 2.05) is 0 Å². The molecule has 0 amide bonds. The van der Waals surface area contributed by atoms with Gasteiger partial charge in [0.1, 0.15) is 6.10 Å². The van der Waals surface area contributed by atoms with E-state index >= 15 is 0 Å². The second-order valence-electron chi connectivity index (χ2n) is 4.06. The molecule has 0 bridgehead atoms. The summed E-state index contributed by atoms with van der Waals surface area (Å²) < 4.78 is 10.8. The SMILES string of the molecule is CC(=O)C(=C[C@@H]1COC(C)(C)O1)C(C)=O. The number of Topliss-reactive ketones (excluding diaryl/α,β-unsaturated/α-hetero) is 2. The summed E-state index contributed by atoms with van der Waals surface area (Å²) in [7, 11) is 0. The highest BCUT2D eigenvalue weighted by molar-refractivity contribution is 6.18. The standard InChI is InChI=1S/C11H16O4/c1-7(12)10(8(2)13)5-9-6-14-11(3,4)15-9/h5,9H,6H2,1-4H3/t9-/m1/s1. The average molecular weight is 212 g/mol. The molecule has 15 heavy (non-hydrogen) atoms. The van der Waals surface area contributed by atoms with Crippen molar-refractivity contribution in [2.24, 2.45) is 0 Å². The minimum atomic E-state index is -0.639. The van der Waals surface area contributed by atoms with Gasteiger partial charge >= 0.3 is 0 Å². The van der Waals surface area contributed by atoms with Crippen LogP contribution in [-0.4, -0.2) is 30.1 Å². The van der Waals surface area contributed by atoms with E-state index in [0.29, 0.717) is 6.61 Å². The van der Waals surface area contributed by atoms with E-state index in [1.165, 1.54) is 13.8 Å². The molecule has 4 nitrogen and oxygen atoms in total. The third-order valence-electron chi connectivity index (χ3n) is 2.14. The van der Waals surface area contributed by atoms with Crippen molar-refractivity contribution in [2.75, 3.05) is 6.61 Å². The average Bonchev–Trinajstić information content (AvgIpc) is 2.40. The Morgan fingerprint density at radius 1 is 1.27 bits per heavy atom. The molecule has 1 aliphatic rings. The van der Waals surface area contributed by atoms with Crippen molar-refractivity contribution in [3.8, 4) is 0 Å². The largest absolute Gasteiger partial charge is 0.347 e. The molecule has 1 heterocycles. The number of hydrogen-bond donors (Lipinski definition) is 0. The van der Waals surface area contributed by atoms with Gasteiger partial charge in [0.25, 0.3) is 0 Å². The molecule has 1 fully saturated rings. The van der Waals surface area contributed by atoms with Crippen LogP contribution in [-0.2, 0) is 19.1 Å². The van der Waals surface area contributed by atoms with Gasteiger partial charge in [-0.2, -0.15) is 0 Å². The number of rotatable bonds is 3. The fraction of sp³-hybridized carbons (Fsp3) is 0.636. The van der Waals surface area contributed by atoms with E-state index in [4.69, 9.17) is 9.47 Å². The van der Waals surface area contributed by atoms with Crippen LogP contribution in [0, 0.1) is 0 Å². The third kappa shape index (κ3) is 3.25. The zero-order chi connectivity index (χ0) is 11.6. The summed E-state index contributed by atoms with van der Waals surface area (Å²) >= 11 is 0. The van der Waals surface area contributed by atoms with E-state index in [9.17, 15) is 9.59 Å². The van der Waals surface area contributed by atoms with Gasteiger partial charge in [0, 0.05) is 0 Å². The Balaban J connectivity index is 2.78. The zero-order valence-electron chi connectivity index (χ0n) is 9.49. The molecule has 1 atom stereocenters. The van der Waals surface area contributed by atoms with E-state index in [0.717, 1.165) is 0 Å². The lowest BCUT2D eigenvalue weighted by Gasteiger charge is -2.15. The highest BCUT2D eigenvalue weighted by atomic mass is 16.7. The van der Waals surface area contributed by atoms with Crippen molar-refractivity contribution in [1.82, 2.24) is 0 Å². The van der Waals surface area contributed by atoms with Gasteiger partial charge in [-0.25, -0.2) is 0 Å². The summed E-state index contributed by atoms with van der Waals surface area (Å²) in [5.74, 6) is -1.12. The maximum absolute atomic E-state index is 11.1. The van der Waals surface area contributed by atoms with Gasteiger partial charge in [-0.15, -0.1) is 0 Å². The molecule has 0 aromatic carbocycles. The Kier molecular flexibility index (Phi) is 3.42. The first kappa shape index (κ1) is 12.1. The molecule has 0 unspecified atom stereocenters. The second kappa shape index (κ2) is 4.24. The summed E-state index contributed by atoms with van der Waals surface area (Å²) in [6, 6.07) is 0. The maximum Gasteiger partial charge on any atom is 0.163 e. The lowest BCUT2D eigenvalue weighted by molar-refractivity contribution is -0.133. The van der Waals surface area contributed by atoms with Crippen LogP contribution in [0.25, 0.3) is 0 Å². The first-order valence-corrected chi connectivity index (χ1v) is 4.87. The monoisotopic (exact) mass is 212 g/mol. The molecule has 1 rings (SSSR count). The molecule has 1 aliphatic heterocycles. The zero-order valence-corrected chi connectivity index (χ0v) is 9.49. The fourth-order valence-corrected chi connectivity index (χ4v) is 1.47. The molecular weight excluding hydrogens is 196 g/mol. The number of ketones is 2. The Labute approximate surface area is 89.2 Å². The highest BCUT2D eigenvalue weighted by Crippen LogP contribution is 2.23. The van der Waals surface area contributed by atoms with Crippen molar-refractivity contribution in [1.29, 1.82) is 0 Å². The van der Waals surface area contributed by atoms with Crippen LogP contribution in [0.1, 0.15) is 27.7 Å². The van der Waals surface area contributed by atoms with E-state index in [2.05, 4.69) is 0 Å². The molecule has 84 valence electrons. The van der Waals surface area contributed by atoms with Gasteiger partial charge < -0.3 is 9.47 Å². The van der Waals surface area contributed by atoms with Crippen LogP contribution >= 0.6 is 0 Å². The number of ether oxygens (including phenoxy) is 2. The lowest BCUT2D eigenvalue weighted by Crippen LogP contribution is -2.21. The van der Waals surface area contributed by atoms with Crippen molar-refractivity contribution in [3.05, 3.63) is 11.6 Å². The Hall–Kier alpha value is -1.00. The van der Waals surface area contributed by atoms with Gasteiger partial charge in [0.05, 0.1) is 12.2 Å². The molecule has 0 spiro atoms. The van der Waals surface area contributed by atoms with Gasteiger partial charge in [0.2, 0.25) is 0 Å². The van der Waals surface area contributed by atoms with E-state index < -0.39 is 5.79 Å². The highest BCUT2D eigenvalue weighted by Gasteiger charge is 2.32. The van der Waals surface area contributed by atoms with Crippen molar-refractivity contribution < 1.29 is 19.1 Å². The third-order valence-corrected chi connectivity index (χ3v) is 2.14. The minimum absolute atomic E-state index is 0.182. The molecule has 0 aromatic rings. The number of hydrogen-bond acceptors (Lipinski definition) is 4. The molecule has 0 N–H and O–H groups in total. The number of carbonyl (C=O) groups excluding carboxylic acids is 2. The first-order chi connectivity index (χ1) is 6.82. The predicted molar refractivity (Wildman–Crippen MR) is 54.3 cm³/mol. The van der Waals surface area contributed by atoms with Crippen molar-refractivity contribution in [2.45, 2.75) is 39.6 Å². The number of allylic oxidation sites excluding steroid dienone is 1. The van der Waals surface area contributed by atoms with Crippen molar-refractivity contribution in [3.63, 3.8) is 0 Å². The molecule has 0 radical (unpaired) electrons. The van der Waals surface area contributed by atoms with Crippen LogP contribution in [0.4, 0.5) is 0 Å². The van der Waals surface area contributed by atoms with Crippen LogP contribution in [0.2, 0.25) is 0 Å². The van der Waals surface area contributed by atoms with Crippen LogP contribution in [0.5, 0.6) is 0 Å². The van der Waals surface area contributed by atoms with Crippen LogP contribution in [0.3, 0.4) is 0 Å². The van der Waals surface area contributed by atoms with Crippen LogP contribution in [0.15, 0.2) is 11.6 Å². The Morgan fingerprint density at radius 2 is 1.80 bits per heavy atom. The molecule has 1 saturated heterocycles. The fourth-order valence-electron chi connectivity index (χ4n) is 1.47. The predicted octanol–water partition coefficient (Wildman–Crippen LogP) is 1.24. The summed E-state index contributed by atoms with van der Waals surface area (Å²) in [5, 5.41) is 0. The summed E-state index contributed by atoms with van der Waals surface area (Å²) in [6.45, 7) is 6.70. The molecule has 0 aliphatic carbocycles. The van der Waals surface area contributed by atoms with Gasteiger partial charge in [0.15, 0.2) is 17.4 Å². The first-order valence-electron chi connectivity index (χ1n) is 4.87. The molecular formula is C11H16O4. The Bertz CT molecular complexity index is 299. The van der Waals surface area contributed by atoms with Gasteiger partial charge in [-0.1, -0.05) is 0 Å². The summed E-state index contributed by atoms with van der Waals surface area (Å²) in [4.78, 5) is 22.3. The molecule has 0 aromatic heterocycles. The van der Waals surface area contributed by atoms with Gasteiger partial charge in [-0.05, 0) is 33.8 Å². The minimum Gasteiger partial charge on any atom is -0.347 e. The van der Waals surface area contributed by atoms with Gasteiger partial charge in [-0.3, -0.25) is 9.59 Å². The van der Waals surface area contributed by atoms with E-state index in [-0.39, 0.29) is 23.2 Å². The quantitative estimate of drug-likeness (QED) is 0.401. The lowest BCUT2D eigenvalue weighted by atomic mass is 10.1. The molecule has 4 heteroatoms. The summed E-state index contributed by atoms with van der Waals surface area (Å²) in [6.07, 6.45) is 1.22. The van der Waals surface area contributed by atoms with E-state index in [1.54, 1.807) is 19.9 Å². The second-order valence-corrected chi connectivity index (χ2v) is 4.06. The topological polar surface area (TPSA) is 52.6 Å². The van der Waals surface area contributed by atoms with Crippen molar-refractivity contribution >= 4 is 11.6 Å². The maximum atomic E-state index is 11.1. The van der Waals surface area contributed by atoms with Crippen LogP contribution < -0.4 is 0 Å². The summed E-state index contributed by atoms with van der Waals surface area (Å²) in [5.41, 5.74) is 0.182.